The molecule has 0 saturated carbocycles. The van der Waals surface area contributed by atoms with E-state index in [2.05, 4.69) is 0 Å². The van der Waals surface area contributed by atoms with Gasteiger partial charge in [0.2, 0.25) is 5.82 Å². The molecule has 0 radical (unpaired) electrons. The molecule has 3 rings (SSSR count). The van der Waals surface area contributed by atoms with Gasteiger partial charge >= 0.3 is 13.4 Å². The second-order valence-corrected chi connectivity index (χ2v) is 7.55. The SMILES string of the molecule is CC(OP(=O)(N1CC1)N1CC1)c1cc(F)c([N+](=O)[O-])cc1F. The first-order chi connectivity index (χ1) is 10.3. The Balaban J connectivity index is 1.85. The predicted octanol–water partition coefficient (Wildman–Crippen LogP) is 2.69. The number of nitro benzene ring substituents is 1. The zero-order valence-corrected chi connectivity index (χ0v) is 12.6. The highest BCUT2D eigenvalue weighted by Crippen LogP contribution is 2.63. The molecule has 7 nitrogen and oxygen atoms in total. The highest BCUT2D eigenvalue weighted by atomic mass is 31.2. The summed E-state index contributed by atoms with van der Waals surface area (Å²) in [5.41, 5.74) is -1.12. The van der Waals surface area contributed by atoms with Gasteiger partial charge in [0.05, 0.1) is 17.1 Å². The van der Waals surface area contributed by atoms with E-state index in [9.17, 15) is 23.5 Å². The Labute approximate surface area is 125 Å². The first kappa shape index (κ1) is 15.5. The summed E-state index contributed by atoms with van der Waals surface area (Å²) in [6.07, 6.45) is -0.984. The van der Waals surface area contributed by atoms with E-state index in [1.165, 1.54) is 6.92 Å². The maximum Gasteiger partial charge on any atom is 0.346 e. The minimum absolute atomic E-state index is 0.188. The number of hydrogen-bond acceptors (Lipinski definition) is 4. The number of nitro groups is 1. The fourth-order valence-corrected chi connectivity index (χ4v) is 4.51. The van der Waals surface area contributed by atoms with Gasteiger partial charge in [-0.2, -0.15) is 4.39 Å². The van der Waals surface area contributed by atoms with Gasteiger partial charge in [-0.25, -0.2) is 13.7 Å². The van der Waals surface area contributed by atoms with E-state index in [1.54, 1.807) is 9.34 Å². The molecule has 2 heterocycles. The highest BCUT2D eigenvalue weighted by molar-refractivity contribution is 7.54. The molecule has 2 aliphatic rings. The summed E-state index contributed by atoms with van der Waals surface area (Å²) in [6.45, 7) is 3.99. The molecule has 2 saturated heterocycles. The molecule has 0 amide bonds. The Bertz CT molecular complexity index is 663. The summed E-state index contributed by atoms with van der Waals surface area (Å²) in [4.78, 5) is 9.59. The Morgan fingerprint density at radius 1 is 1.23 bits per heavy atom. The Hall–Kier alpha value is -1.41. The lowest BCUT2D eigenvalue weighted by Gasteiger charge is -2.24. The topological polar surface area (TPSA) is 75.5 Å². The van der Waals surface area contributed by atoms with Crippen LogP contribution in [0, 0.1) is 21.7 Å². The number of nitrogens with zero attached hydrogens (tertiary/aromatic N) is 3. The molecule has 0 N–H and O–H groups in total. The zero-order chi connectivity index (χ0) is 16.1. The van der Waals surface area contributed by atoms with E-state index in [-0.39, 0.29) is 5.56 Å². The van der Waals surface area contributed by atoms with Gasteiger partial charge in [-0.1, -0.05) is 0 Å². The average Bonchev–Trinajstić information content (AvgIpc) is 3.29. The van der Waals surface area contributed by atoms with E-state index in [0.717, 1.165) is 6.07 Å². The average molecular weight is 333 g/mol. The molecule has 1 unspecified atom stereocenters. The van der Waals surface area contributed by atoms with Crippen LogP contribution in [0.15, 0.2) is 12.1 Å². The second kappa shape index (κ2) is 5.34. The van der Waals surface area contributed by atoms with Gasteiger partial charge in [0.25, 0.3) is 0 Å². The Kier molecular flexibility index (Phi) is 3.76. The van der Waals surface area contributed by atoms with Crippen molar-refractivity contribution in [3.05, 3.63) is 39.4 Å². The summed E-state index contributed by atoms with van der Waals surface area (Å²) in [5, 5.41) is 10.6. The molecular formula is C12H14F2N3O4P. The summed E-state index contributed by atoms with van der Waals surface area (Å²) < 4.78 is 49.3. The molecular weight excluding hydrogens is 319 g/mol. The second-order valence-electron chi connectivity index (χ2n) is 5.23. The maximum atomic E-state index is 14.0. The number of benzene rings is 1. The van der Waals surface area contributed by atoms with Gasteiger partial charge in [0, 0.05) is 31.7 Å². The standard InChI is InChI=1S/C12H14F2N3O4P/c1-8(21-22(20,15-2-3-15)16-4-5-16)9-6-11(14)12(17(18)19)7-10(9)13/h6-8H,2-5H2,1H3. The summed E-state index contributed by atoms with van der Waals surface area (Å²) in [7, 11) is -3.18. The van der Waals surface area contributed by atoms with Crippen LogP contribution < -0.4 is 0 Å². The first-order valence-corrected chi connectivity index (χ1v) is 8.28. The van der Waals surface area contributed by atoms with Crippen LogP contribution in [-0.2, 0) is 9.09 Å². The van der Waals surface area contributed by atoms with Crippen LogP contribution in [0.4, 0.5) is 14.5 Å². The maximum absolute atomic E-state index is 14.0. The summed E-state index contributed by atoms with van der Waals surface area (Å²) in [5.74, 6) is -2.10. The third kappa shape index (κ3) is 2.77. The molecule has 0 aromatic heterocycles. The van der Waals surface area contributed by atoms with Crippen LogP contribution in [0.3, 0.4) is 0 Å². The van der Waals surface area contributed by atoms with Gasteiger partial charge in [-0.05, 0) is 13.0 Å². The zero-order valence-electron chi connectivity index (χ0n) is 11.7. The molecule has 0 aliphatic carbocycles. The quantitative estimate of drug-likeness (QED) is 0.345. The van der Waals surface area contributed by atoms with Crippen molar-refractivity contribution in [2.75, 3.05) is 26.2 Å². The van der Waals surface area contributed by atoms with Gasteiger partial charge in [0.1, 0.15) is 5.82 Å². The van der Waals surface area contributed by atoms with E-state index in [4.69, 9.17) is 4.52 Å². The first-order valence-electron chi connectivity index (χ1n) is 6.75. The third-order valence-electron chi connectivity index (χ3n) is 3.56. The predicted molar refractivity (Wildman–Crippen MR) is 73.3 cm³/mol. The largest absolute Gasteiger partial charge is 0.346 e. The van der Waals surface area contributed by atoms with E-state index < -0.39 is 36.0 Å². The lowest BCUT2D eigenvalue weighted by Crippen LogP contribution is -2.12. The smallest absolute Gasteiger partial charge is 0.298 e. The van der Waals surface area contributed by atoms with Crippen LogP contribution in [0.25, 0.3) is 0 Å². The normalized spacial score (nSPS) is 20.0. The van der Waals surface area contributed by atoms with Gasteiger partial charge in [-0.15, -0.1) is 0 Å². The van der Waals surface area contributed by atoms with Crippen molar-refractivity contribution in [1.82, 2.24) is 9.34 Å². The summed E-state index contributed by atoms with van der Waals surface area (Å²) >= 11 is 0. The van der Waals surface area contributed by atoms with E-state index in [1.807, 2.05) is 0 Å². The Morgan fingerprint density at radius 2 is 1.77 bits per heavy atom. The molecule has 0 bridgehead atoms. The molecule has 10 heteroatoms. The van der Waals surface area contributed by atoms with Gasteiger partial charge in [0.15, 0.2) is 0 Å². The third-order valence-corrected chi connectivity index (χ3v) is 6.38. The molecule has 0 spiro atoms. The fraction of sp³-hybridized carbons (Fsp3) is 0.500. The van der Waals surface area contributed by atoms with E-state index in [0.29, 0.717) is 32.2 Å². The van der Waals surface area contributed by atoms with Crippen LogP contribution in [0.2, 0.25) is 0 Å². The number of halogens is 2. The van der Waals surface area contributed by atoms with Crippen molar-refractivity contribution in [3.63, 3.8) is 0 Å². The fourth-order valence-electron chi connectivity index (χ4n) is 2.17. The highest BCUT2D eigenvalue weighted by Gasteiger charge is 2.50. The van der Waals surface area contributed by atoms with Crippen LogP contribution >= 0.6 is 7.67 Å². The number of rotatable bonds is 6. The van der Waals surface area contributed by atoms with Crippen LogP contribution in [0.1, 0.15) is 18.6 Å². The molecule has 2 fully saturated rings. The molecule has 1 aromatic rings. The molecule has 120 valence electrons. The van der Waals surface area contributed by atoms with Crippen molar-refractivity contribution >= 4 is 13.4 Å². The van der Waals surface area contributed by atoms with E-state index >= 15 is 0 Å². The minimum Gasteiger partial charge on any atom is -0.298 e. The van der Waals surface area contributed by atoms with Gasteiger partial charge < -0.3 is 0 Å². The molecule has 1 atom stereocenters. The van der Waals surface area contributed by atoms with Crippen LogP contribution in [0.5, 0.6) is 0 Å². The molecule has 1 aromatic carbocycles. The lowest BCUT2D eigenvalue weighted by atomic mass is 10.1. The van der Waals surface area contributed by atoms with Crippen molar-refractivity contribution in [1.29, 1.82) is 0 Å². The Morgan fingerprint density at radius 3 is 2.23 bits per heavy atom. The lowest BCUT2D eigenvalue weighted by molar-refractivity contribution is -0.387. The monoisotopic (exact) mass is 333 g/mol. The molecule has 22 heavy (non-hydrogen) atoms. The summed E-state index contributed by atoms with van der Waals surface area (Å²) in [6, 6.07) is 1.25. The minimum atomic E-state index is -3.18. The van der Waals surface area contributed by atoms with Crippen molar-refractivity contribution in [2.24, 2.45) is 0 Å². The number of hydrogen-bond donors (Lipinski definition) is 0. The van der Waals surface area contributed by atoms with Crippen molar-refractivity contribution < 1.29 is 22.8 Å². The van der Waals surface area contributed by atoms with Crippen molar-refractivity contribution in [3.8, 4) is 0 Å². The molecule has 2 aliphatic heterocycles. The van der Waals surface area contributed by atoms with Crippen molar-refractivity contribution in [2.45, 2.75) is 13.0 Å². The van der Waals surface area contributed by atoms with Crippen LogP contribution in [-0.4, -0.2) is 40.4 Å². The van der Waals surface area contributed by atoms with Gasteiger partial charge in [-0.3, -0.25) is 19.2 Å².